The Bertz CT molecular complexity index is 1300. The van der Waals surface area contributed by atoms with Crippen molar-refractivity contribution in [2.75, 3.05) is 17.9 Å². The second-order valence-corrected chi connectivity index (χ2v) is 11.8. The number of nitrogens with one attached hydrogen (secondary N) is 2. The minimum Gasteiger partial charge on any atom is -0.486 e. The third-order valence-corrected chi connectivity index (χ3v) is 9.04. The van der Waals surface area contributed by atoms with E-state index in [0.717, 1.165) is 12.3 Å². The molecule has 198 valence electrons. The van der Waals surface area contributed by atoms with Crippen LogP contribution in [-0.2, 0) is 19.6 Å². The van der Waals surface area contributed by atoms with Gasteiger partial charge in [0.05, 0.1) is 16.1 Å². The molecule has 1 heterocycles. The second-order valence-electron chi connectivity index (χ2n) is 10.1. The van der Waals surface area contributed by atoms with Crippen molar-refractivity contribution >= 4 is 27.6 Å². The van der Waals surface area contributed by atoms with Crippen LogP contribution in [0.2, 0.25) is 0 Å². The number of hydrogen-bond acceptors (Lipinski definition) is 7. The topological polar surface area (TPSA) is 120 Å². The van der Waals surface area contributed by atoms with Crippen molar-refractivity contribution in [1.82, 2.24) is 5.32 Å². The summed E-state index contributed by atoms with van der Waals surface area (Å²) in [6, 6.07) is 10.4. The lowest BCUT2D eigenvalue weighted by Gasteiger charge is -2.29. The van der Waals surface area contributed by atoms with E-state index in [1.165, 1.54) is 56.5 Å². The number of rotatable bonds is 8. The lowest BCUT2D eigenvalue weighted by molar-refractivity contribution is -0.130. The van der Waals surface area contributed by atoms with Gasteiger partial charge in [-0.25, -0.2) is 13.2 Å². The molecule has 9 nitrogen and oxygen atoms in total. The molecule has 2 fully saturated rings. The van der Waals surface area contributed by atoms with Gasteiger partial charge >= 0.3 is 5.97 Å². The molecule has 37 heavy (non-hydrogen) atoms. The van der Waals surface area contributed by atoms with Gasteiger partial charge in [-0.05, 0) is 75.1 Å². The monoisotopic (exact) mass is 528 g/mol. The van der Waals surface area contributed by atoms with Crippen molar-refractivity contribution in [2.24, 2.45) is 17.8 Å². The number of ether oxygens (including phenoxy) is 3. The molecule has 2 bridgehead atoms. The van der Waals surface area contributed by atoms with Crippen molar-refractivity contribution in [1.29, 1.82) is 0 Å². The molecule has 0 saturated heterocycles. The molecule has 10 heteroatoms. The molecule has 1 amide bonds. The lowest BCUT2D eigenvalue weighted by Crippen LogP contribution is -2.45. The molecule has 5 atom stereocenters. The molecule has 2 saturated carbocycles. The van der Waals surface area contributed by atoms with Gasteiger partial charge < -0.3 is 19.5 Å². The molecule has 2 aromatic carbocycles. The molecule has 1 aliphatic heterocycles. The number of carbonyl (C=O) groups is 2. The van der Waals surface area contributed by atoms with Crippen molar-refractivity contribution in [3.05, 3.63) is 48.0 Å². The van der Waals surface area contributed by atoms with Gasteiger partial charge in [0.25, 0.3) is 15.9 Å². The van der Waals surface area contributed by atoms with E-state index in [4.69, 9.17) is 14.2 Å². The summed E-state index contributed by atoms with van der Waals surface area (Å²) in [6.07, 6.45) is 3.86. The van der Waals surface area contributed by atoms with Crippen LogP contribution in [-0.4, -0.2) is 45.7 Å². The standard InChI is InChI=1S/C27H32N2O7S/c1-16(22-14-18-7-8-19(22)13-18)28-26(30)17(2)36-27(31)21-5-3-4-6-23(21)29-37(32,33)20-9-10-24-25(15-20)35-12-11-34-24/h3-6,9-10,15-19,22,29H,7-8,11-14H2,1-2H3,(H,28,30)/t16-,17+,18-,19-,22+/m1/s1. The maximum atomic E-state index is 13.1. The zero-order chi connectivity index (χ0) is 26.2. The summed E-state index contributed by atoms with van der Waals surface area (Å²) in [7, 11) is -4.05. The molecule has 3 aliphatic rings. The minimum atomic E-state index is -4.05. The van der Waals surface area contributed by atoms with Crippen LogP contribution in [0.3, 0.4) is 0 Å². The summed E-state index contributed by atoms with van der Waals surface area (Å²) < 4.78 is 45.0. The summed E-state index contributed by atoms with van der Waals surface area (Å²) in [6.45, 7) is 4.25. The molecule has 0 spiro atoms. The number of carbonyl (C=O) groups excluding carboxylic acids is 2. The molecule has 0 radical (unpaired) electrons. The quantitative estimate of drug-likeness (QED) is 0.501. The van der Waals surface area contributed by atoms with E-state index in [0.29, 0.717) is 36.5 Å². The Morgan fingerprint density at radius 3 is 2.49 bits per heavy atom. The maximum Gasteiger partial charge on any atom is 0.341 e. The molecular formula is C27H32N2O7S. The van der Waals surface area contributed by atoms with E-state index >= 15 is 0 Å². The summed E-state index contributed by atoms with van der Waals surface area (Å²) in [5, 5.41) is 3.01. The van der Waals surface area contributed by atoms with Crippen molar-refractivity contribution in [2.45, 2.75) is 56.6 Å². The zero-order valence-electron chi connectivity index (χ0n) is 20.9. The average Bonchev–Trinajstić information content (AvgIpc) is 3.52. The number of esters is 1. The van der Waals surface area contributed by atoms with Gasteiger partial charge in [-0.15, -0.1) is 0 Å². The van der Waals surface area contributed by atoms with Gasteiger partial charge in [-0.3, -0.25) is 9.52 Å². The normalized spacial score (nSPS) is 23.7. The van der Waals surface area contributed by atoms with E-state index in [1.54, 1.807) is 12.1 Å². The van der Waals surface area contributed by atoms with E-state index in [2.05, 4.69) is 10.0 Å². The zero-order valence-corrected chi connectivity index (χ0v) is 21.8. The largest absolute Gasteiger partial charge is 0.486 e. The molecule has 0 aromatic heterocycles. The van der Waals surface area contributed by atoms with Gasteiger partial charge in [0, 0.05) is 12.1 Å². The van der Waals surface area contributed by atoms with E-state index < -0.39 is 22.1 Å². The number of anilines is 1. The van der Waals surface area contributed by atoms with Crippen LogP contribution in [0.4, 0.5) is 5.69 Å². The van der Waals surface area contributed by atoms with Crippen LogP contribution in [0.15, 0.2) is 47.4 Å². The predicted octanol–water partition coefficient (Wildman–Crippen LogP) is 3.74. The molecular weight excluding hydrogens is 496 g/mol. The van der Waals surface area contributed by atoms with Crippen LogP contribution < -0.4 is 19.5 Å². The molecule has 0 unspecified atom stereocenters. The van der Waals surface area contributed by atoms with Gasteiger partial charge in [0.1, 0.15) is 13.2 Å². The second kappa shape index (κ2) is 10.2. The van der Waals surface area contributed by atoms with E-state index in [9.17, 15) is 18.0 Å². The third kappa shape index (κ3) is 5.39. The summed E-state index contributed by atoms with van der Waals surface area (Å²) >= 11 is 0. The number of benzene rings is 2. The highest BCUT2D eigenvalue weighted by atomic mass is 32.2. The van der Waals surface area contributed by atoms with Gasteiger partial charge in [-0.2, -0.15) is 0 Å². The van der Waals surface area contributed by atoms with Gasteiger partial charge in [-0.1, -0.05) is 18.6 Å². The number of sulfonamides is 1. The van der Waals surface area contributed by atoms with Crippen LogP contribution in [0, 0.1) is 17.8 Å². The summed E-state index contributed by atoms with van der Waals surface area (Å²) in [4.78, 5) is 25.7. The number of fused-ring (bicyclic) bond motifs is 3. The molecule has 2 aromatic rings. The SMILES string of the molecule is C[C@H](OC(=O)c1ccccc1NS(=O)(=O)c1ccc2c(c1)OCCO2)C(=O)N[C@H](C)[C@@H]1C[C@@H]2CC[C@@H]1C2. The highest BCUT2D eigenvalue weighted by Crippen LogP contribution is 2.49. The Hall–Kier alpha value is -3.27. The lowest BCUT2D eigenvalue weighted by atomic mass is 9.84. The molecule has 5 rings (SSSR count). The fraction of sp³-hybridized carbons (Fsp3) is 0.481. The summed E-state index contributed by atoms with van der Waals surface area (Å²) in [5.74, 6) is 1.53. The predicted molar refractivity (Wildman–Crippen MR) is 136 cm³/mol. The van der Waals surface area contributed by atoms with Crippen LogP contribution in [0.1, 0.15) is 49.9 Å². The smallest absolute Gasteiger partial charge is 0.341 e. The first-order valence-electron chi connectivity index (χ1n) is 12.7. The Balaban J connectivity index is 1.24. The Morgan fingerprint density at radius 2 is 1.76 bits per heavy atom. The van der Waals surface area contributed by atoms with Crippen LogP contribution in [0.25, 0.3) is 0 Å². The van der Waals surface area contributed by atoms with Gasteiger partial charge in [0.2, 0.25) is 0 Å². The molecule has 2 aliphatic carbocycles. The van der Waals surface area contributed by atoms with Crippen LogP contribution in [0.5, 0.6) is 11.5 Å². The first-order chi connectivity index (χ1) is 17.7. The Labute approximate surface area is 216 Å². The van der Waals surface area contributed by atoms with Crippen molar-refractivity contribution < 1.29 is 32.2 Å². The minimum absolute atomic E-state index is 0.00409. The maximum absolute atomic E-state index is 13.1. The summed E-state index contributed by atoms with van der Waals surface area (Å²) in [5.41, 5.74) is 0.0507. The number of hydrogen-bond donors (Lipinski definition) is 2. The fourth-order valence-electron chi connectivity index (χ4n) is 5.78. The highest BCUT2D eigenvalue weighted by Gasteiger charge is 2.42. The highest BCUT2D eigenvalue weighted by molar-refractivity contribution is 7.92. The van der Waals surface area contributed by atoms with Crippen LogP contribution >= 0.6 is 0 Å². The van der Waals surface area contributed by atoms with Crippen molar-refractivity contribution in [3.63, 3.8) is 0 Å². The third-order valence-electron chi connectivity index (χ3n) is 7.67. The average molecular weight is 529 g/mol. The number of para-hydroxylation sites is 1. The first kappa shape index (κ1) is 25.4. The fourth-order valence-corrected chi connectivity index (χ4v) is 6.87. The van der Waals surface area contributed by atoms with Crippen molar-refractivity contribution in [3.8, 4) is 11.5 Å². The number of amides is 1. The van der Waals surface area contributed by atoms with Gasteiger partial charge in [0.15, 0.2) is 17.6 Å². The van der Waals surface area contributed by atoms with E-state index in [1.807, 2.05) is 6.92 Å². The molecule has 2 N–H and O–H groups in total. The first-order valence-corrected chi connectivity index (χ1v) is 14.2. The Morgan fingerprint density at radius 1 is 1.00 bits per heavy atom. The Kier molecular flexibility index (Phi) is 7.02. The van der Waals surface area contributed by atoms with E-state index in [-0.39, 0.29) is 28.1 Å².